The average molecular weight is 292 g/mol. The molecule has 0 atom stereocenters. The van der Waals surface area contributed by atoms with Crippen LogP contribution in [0.15, 0.2) is 15.9 Å². The smallest absolute Gasteiger partial charge is 0.312 e. The van der Waals surface area contributed by atoms with E-state index in [-0.39, 0.29) is 5.91 Å². The van der Waals surface area contributed by atoms with E-state index in [1.807, 2.05) is 11.4 Å². The van der Waals surface area contributed by atoms with E-state index in [0.29, 0.717) is 6.54 Å². The zero-order chi connectivity index (χ0) is 11.4. The van der Waals surface area contributed by atoms with Crippen molar-refractivity contribution in [3.8, 4) is 0 Å². The molecule has 0 aliphatic rings. The summed E-state index contributed by atoms with van der Waals surface area (Å²) in [7, 11) is 1.60. The molecule has 0 spiro atoms. The van der Waals surface area contributed by atoms with Crippen LogP contribution in [0.4, 0.5) is 0 Å². The van der Waals surface area contributed by atoms with Crippen LogP contribution in [0.1, 0.15) is 11.3 Å². The molecule has 0 aliphatic carbocycles. The Hall–Kier alpha value is -0.880. The zero-order valence-corrected chi connectivity index (χ0v) is 10.5. The Balaban J connectivity index is 2.51. The molecule has 1 N–H and O–H groups in total. The monoisotopic (exact) mass is 291 g/mol. The van der Waals surface area contributed by atoms with Crippen molar-refractivity contribution in [1.29, 1.82) is 0 Å². The number of aliphatic carboxylic acids is 1. The summed E-state index contributed by atoms with van der Waals surface area (Å²) in [5, 5.41) is 10.4. The van der Waals surface area contributed by atoms with Crippen molar-refractivity contribution in [2.24, 2.45) is 0 Å². The lowest BCUT2D eigenvalue weighted by Gasteiger charge is -2.14. The van der Waals surface area contributed by atoms with E-state index in [9.17, 15) is 9.59 Å². The molecule has 0 aliphatic heterocycles. The SMILES string of the molecule is CN(Cc1cc(Br)cs1)C(=O)CC(=O)O. The predicted molar refractivity (Wildman–Crippen MR) is 60.7 cm³/mol. The molecule has 0 bridgehead atoms. The lowest BCUT2D eigenvalue weighted by Crippen LogP contribution is -2.27. The van der Waals surface area contributed by atoms with E-state index in [1.54, 1.807) is 7.05 Å². The van der Waals surface area contributed by atoms with E-state index in [0.717, 1.165) is 9.35 Å². The Kier molecular flexibility index (Phi) is 4.28. The van der Waals surface area contributed by atoms with Gasteiger partial charge in [-0.25, -0.2) is 0 Å². The number of nitrogens with zero attached hydrogens (tertiary/aromatic N) is 1. The second-order valence-corrected chi connectivity index (χ2v) is 4.96. The first-order valence-electron chi connectivity index (χ1n) is 4.17. The van der Waals surface area contributed by atoms with Crippen molar-refractivity contribution in [3.05, 3.63) is 20.8 Å². The molecule has 0 unspecified atom stereocenters. The van der Waals surface area contributed by atoms with Gasteiger partial charge < -0.3 is 10.0 Å². The molecule has 82 valence electrons. The highest BCUT2D eigenvalue weighted by atomic mass is 79.9. The molecule has 0 saturated heterocycles. The topological polar surface area (TPSA) is 57.6 Å². The first kappa shape index (κ1) is 12.2. The number of halogens is 1. The first-order valence-corrected chi connectivity index (χ1v) is 5.85. The van der Waals surface area contributed by atoms with Gasteiger partial charge >= 0.3 is 5.97 Å². The number of carbonyl (C=O) groups excluding carboxylic acids is 1. The second kappa shape index (κ2) is 5.27. The van der Waals surface area contributed by atoms with E-state index in [2.05, 4.69) is 15.9 Å². The summed E-state index contributed by atoms with van der Waals surface area (Å²) in [5.74, 6) is -1.48. The van der Waals surface area contributed by atoms with E-state index in [1.165, 1.54) is 16.2 Å². The minimum atomic E-state index is -1.10. The van der Waals surface area contributed by atoms with Crippen molar-refractivity contribution in [1.82, 2.24) is 4.90 Å². The number of carbonyl (C=O) groups is 2. The van der Waals surface area contributed by atoms with Crippen molar-refractivity contribution < 1.29 is 14.7 Å². The highest BCUT2D eigenvalue weighted by Gasteiger charge is 2.13. The van der Waals surface area contributed by atoms with Crippen molar-refractivity contribution in [3.63, 3.8) is 0 Å². The van der Waals surface area contributed by atoms with Crippen LogP contribution in [0.2, 0.25) is 0 Å². The number of thiophene rings is 1. The molecule has 0 radical (unpaired) electrons. The summed E-state index contributed by atoms with van der Waals surface area (Å²) in [6.45, 7) is 0.447. The summed E-state index contributed by atoms with van der Waals surface area (Å²) >= 11 is 4.84. The zero-order valence-electron chi connectivity index (χ0n) is 8.07. The molecule has 0 aromatic carbocycles. The number of hydrogen-bond acceptors (Lipinski definition) is 3. The molecule has 1 heterocycles. The Morgan fingerprint density at radius 3 is 2.73 bits per heavy atom. The molecule has 4 nitrogen and oxygen atoms in total. The minimum absolute atomic E-state index is 0.382. The van der Waals surface area contributed by atoms with Gasteiger partial charge in [0.05, 0.1) is 6.54 Å². The van der Waals surface area contributed by atoms with Gasteiger partial charge in [-0.1, -0.05) is 0 Å². The normalized spacial score (nSPS) is 10.0. The molecule has 0 saturated carbocycles. The lowest BCUT2D eigenvalue weighted by atomic mass is 10.3. The maximum Gasteiger partial charge on any atom is 0.312 e. The van der Waals surface area contributed by atoms with Gasteiger partial charge in [0, 0.05) is 21.8 Å². The van der Waals surface area contributed by atoms with Crippen LogP contribution in [0.3, 0.4) is 0 Å². The summed E-state index contributed by atoms with van der Waals surface area (Å²) in [6.07, 6.45) is -0.455. The third-order valence-electron chi connectivity index (χ3n) is 1.74. The Labute approximate surface area is 99.6 Å². The number of rotatable bonds is 4. The second-order valence-electron chi connectivity index (χ2n) is 3.05. The van der Waals surface area contributed by atoms with Gasteiger partial charge in [0.1, 0.15) is 6.42 Å². The van der Waals surface area contributed by atoms with Gasteiger partial charge in [-0.2, -0.15) is 0 Å². The molecule has 1 aromatic heterocycles. The van der Waals surface area contributed by atoms with Gasteiger partial charge in [0.15, 0.2) is 0 Å². The summed E-state index contributed by atoms with van der Waals surface area (Å²) in [4.78, 5) is 24.0. The van der Waals surface area contributed by atoms with Crippen LogP contribution < -0.4 is 0 Å². The fraction of sp³-hybridized carbons (Fsp3) is 0.333. The minimum Gasteiger partial charge on any atom is -0.481 e. The lowest BCUT2D eigenvalue weighted by molar-refractivity contribution is -0.143. The van der Waals surface area contributed by atoms with Crippen LogP contribution in [-0.4, -0.2) is 28.9 Å². The van der Waals surface area contributed by atoms with Gasteiger partial charge in [0.25, 0.3) is 0 Å². The van der Waals surface area contributed by atoms with Crippen LogP contribution in [0, 0.1) is 0 Å². The average Bonchev–Trinajstić information content (AvgIpc) is 2.50. The fourth-order valence-electron chi connectivity index (χ4n) is 1.02. The molecular formula is C9H10BrNO3S. The quantitative estimate of drug-likeness (QED) is 0.863. The summed E-state index contributed by atoms with van der Waals surface area (Å²) < 4.78 is 0.974. The third-order valence-corrected chi connectivity index (χ3v) is 3.43. The van der Waals surface area contributed by atoms with E-state index < -0.39 is 12.4 Å². The molecule has 1 aromatic rings. The standard InChI is InChI=1S/C9H10BrNO3S/c1-11(8(12)3-9(13)14)4-7-2-6(10)5-15-7/h2,5H,3-4H2,1H3,(H,13,14). The van der Waals surface area contributed by atoms with E-state index in [4.69, 9.17) is 5.11 Å². The third kappa shape index (κ3) is 4.01. The first-order chi connectivity index (χ1) is 6.99. The maximum absolute atomic E-state index is 11.3. The van der Waals surface area contributed by atoms with Crippen molar-refractivity contribution >= 4 is 39.1 Å². The van der Waals surface area contributed by atoms with Gasteiger partial charge in [-0.3, -0.25) is 9.59 Å². The highest BCUT2D eigenvalue weighted by Crippen LogP contribution is 2.20. The van der Waals surface area contributed by atoms with Crippen LogP contribution in [0.25, 0.3) is 0 Å². The van der Waals surface area contributed by atoms with Crippen LogP contribution in [0.5, 0.6) is 0 Å². The number of hydrogen-bond donors (Lipinski definition) is 1. The number of amides is 1. The molecule has 0 fully saturated rings. The molecular weight excluding hydrogens is 282 g/mol. The Morgan fingerprint density at radius 1 is 1.60 bits per heavy atom. The van der Waals surface area contributed by atoms with Gasteiger partial charge in [-0.15, -0.1) is 11.3 Å². The van der Waals surface area contributed by atoms with Gasteiger partial charge in [0.2, 0.25) is 5.91 Å². The molecule has 1 rings (SSSR count). The Bertz CT molecular complexity index is 377. The largest absolute Gasteiger partial charge is 0.481 e. The predicted octanol–water partition coefficient (Wildman–Crippen LogP) is 1.94. The maximum atomic E-state index is 11.3. The molecule has 6 heteroatoms. The number of carboxylic acid groups (broad SMARTS) is 1. The van der Waals surface area contributed by atoms with Gasteiger partial charge in [-0.05, 0) is 22.0 Å². The number of carboxylic acids is 1. The van der Waals surface area contributed by atoms with E-state index >= 15 is 0 Å². The van der Waals surface area contributed by atoms with Crippen LogP contribution in [-0.2, 0) is 16.1 Å². The fourth-order valence-corrected chi connectivity index (χ4v) is 2.53. The highest BCUT2D eigenvalue weighted by molar-refractivity contribution is 9.10. The van der Waals surface area contributed by atoms with Crippen molar-refractivity contribution in [2.45, 2.75) is 13.0 Å². The molecule has 15 heavy (non-hydrogen) atoms. The Morgan fingerprint density at radius 2 is 2.27 bits per heavy atom. The van der Waals surface area contributed by atoms with Crippen LogP contribution >= 0.6 is 27.3 Å². The molecule has 1 amide bonds. The summed E-state index contributed by atoms with van der Waals surface area (Å²) in [5.41, 5.74) is 0. The summed E-state index contributed by atoms with van der Waals surface area (Å²) in [6, 6.07) is 1.91. The van der Waals surface area contributed by atoms with Crippen molar-refractivity contribution in [2.75, 3.05) is 7.05 Å².